The lowest BCUT2D eigenvalue weighted by Gasteiger charge is -2.20. The van der Waals surface area contributed by atoms with Gasteiger partial charge in [-0.1, -0.05) is 32.0 Å². The lowest BCUT2D eigenvalue weighted by Crippen LogP contribution is -2.39. The molecule has 1 saturated carbocycles. The molecule has 1 aromatic heterocycles. The molecule has 1 aromatic carbocycles. The van der Waals surface area contributed by atoms with Gasteiger partial charge in [0, 0.05) is 5.69 Å². The van der Waals surface area contributed by atoms with E-state index in [1.54, 1.807) is 18.4 Å². The van der Waals surface area contributed by atoms with Crippen molar-refractivity contribution in [2.75, 3.05) is 5.32 Å². The molecule has 0 radical (unpaired) electrons. The van der Waals surface area contributed by atoms with Crippen LogP contribution in [-0.2, 0) is 16.1 Å². The first-order valence-electron chi connectivity index (χ1n) is 8.66. The second kappa shape index (κ2) is 6.75. The van der Waals surface area contributed by atoms with Crippen LogP contribution in [0.4, 0.5) is 5.69 Å². The Labute approximate surface area is 147 Å². The lowest BCUT2D eigenvalue weighted by molar-refractivity contribution is -0.134. The highest BCUT2D eigenvalue weighted by atomic mass is 16.3. The van der Waals surface area contributed by atoms with Gasteiger partial charge in [-0.3, -0.25) is 9.59 Å². The zero-order valence-electron chi connectivity index (χ0n) is 14.9. The molecule has 5 heteroatoms. The molecule has 2 aromatic rings. The highest BCUT2D eigenvalue weighted by Crippen LogP contribution is 2.47. The van der Waals surface area contributed by atoms with E-state index in [1.165, 1.54) is 0 Å². The van der Waals surface area contributed by atoms with Crippen molar-refractivity contribution in [1.82, 2.24) is 5.32 Å². The molecule has 0 atom stereocenters. The number of para-hydroxylation sites is 1. The van der Waals surface area contributed by atoms with Crippen molar-refractivity contribution in [2.24, 2.45) is 5.41 Å². The summed E-state index contributed by atoms with van der Waals surface area (Å²) in [5.41, 5.74) is 1.96. The van der Waals surface area contributed by atoms with Crippen LogP contribution in [0.5, 0.6) is 0 Å². The molecular weight excluding hydrogens is 316 g/mol. The molecule has 132 valence electrons. The minimum atomic E-state index is -0.955. The van der Waals surface area contributed by atoms with Gasteiger partial charge in [0.15, 0.2) is 0 Å². The van der Waals surface area contributed by atoms with E-state index < -0.39 is 5.41 Å². The zero-order valence-corrected chi connectivity index (χ0v) is 14.9. The van der Waals surface area contributed by atoms with Crippen molar-refractivity contribution >= 4 is 17.5 Å². The minimum Gasteiger partial charge on any atom is -0.467 e. The zero-order chi connectivity index (χ0) is 18.0. The monoisotopic (exact) mass is 340 g/mol. The maximum Gasteiger partial charge on any atom is 0.240 e. The molecule has 3 rings (SSSR count). The largest absolute Gasteiger partial charge is 0.467 e. The van der Waals surface area contributed by atoms with Gasteiger partial charge in [0.2, 0.25) is 11.8 Å². The standard InChI is InChI=1S/C20H24N2O3/c1-13(2)16-8-4-6-14(3)17(16)22-19(24)20(9-10-20)18(23)21-12-15-7-5-11-25-15/h4-8,11,13H,9-10,12H2,1-3H3,(H,21,23)(H,22,24). The summed E-state index contributed by atoms with van der Waals surface area (Å²) < 4.78 is 5.22. The highest BCUT2D eigenvalue weighted by molar-refractivity contribution is 6.13. The minimum absolute atomic E-state index is 0.222. The summed E-state index contributed by atoms with van der Waals surface area (Å²) in [5.74, 6) is 0.505. The van der Waals surface area contributed by atoms with Crippen LogP contribution in [0.25, 0.3) is 0 Å². The van der Waals surface area contributed by atoms with E-state index in [4.69, 9.17) is 4.42 Å². The molecule has 2 amide bonds. The summed E-state index contributed by atoms with van der Waals surface area (Å²) in [6.45, 7) is 6.45. The van der Waals surface area contributed by atoms with Gasteiger partial charge < -0.3 is 15.1 Å². The maximum atomic E-state index is 12.8. The number of carbonyl (C=O) groups excluding carboxylic acids is 2. The highest BCUT2D eigenvalue weighted by Gasteiger charge is 2.56. The van der Waals surface area contributed by atoms with E-state index >= 15 is 0 Å². The van der Waals surface area contributed by atoms with Crippen molar-refractivity contribution in [3.63, 3.8) is 0 Å². The molecule has 0 spiro atoms. The first-order chi connectivity index (χ1) is 11.9. The van der Waals surface area contributed by atoms with Gasteiger partial charge in [-0.15, -0.1) is 0 Å². The predicted octanol–water partition coefficient (Wildman–Crippen LogP) is 3.75. The van der Waals surface area contributed by atoms with E-state index in [1.807, 2.05) is 25.1 Å². The van der Waals surface area contributed by atoms with Gasteiger partial charge in [-0.25, -0.2) is 0 Å². The fourth-order valence-corrected chi connectivity index (χ4v) is 3.01. The van der Waals surface area contributed by atoms with Crippen molar-refractivity contribution in [2.45, 2.75) is 46.1 Å². The van der Waals surface area contributed by atoms with E-state index in [2.05, 4.69) is 24.5 Å². The fourth-order valence-electron chi connectivity index (χ4n) is 3.01. The third kappa shape index (κ3) is 3.45. The number of hydrogen-bond acceptors (Lipinski definition) is 3. The van der Waals surface area contributed by atoms with E-state index in [-0.39, 0.29) is 17.7 Å². The Kier molecular flexibility index (Phi) is 4.66. The normalized spacial score (nSPS) is 15.0. The van der Waals surface area contributed by atoms with Crippen LogP contribution in [0.15, 0.2) is 41.0 Å². The molecular formula is C20H24N2O3. The van der Waals surface area contributed by atoms with E-state index in [0.717, 1.165) is 16.8 Å². The molecule has 1 heterocycles. The van der Waals surface area contributed by atoms with Crippen LogP contribution in [0, 0.1) is 12.3 Å². The predicted molar refractivity (Wildman–Crippen MR) is 96.1 cm³/mol. The first-order valence-corrected chi connectivity index (χ1v) is 8.66. The molecule has 5 nitrogen and oxygen atoms in total. The summed E-state index contributed by atoms with van der Waals surface area (Å²) >= 11 is 0. The van der Waals surface area contributed by atoms with Gasteiger partial charge in [0.1, 0.15) is 11.2 Å². The average Bonchev–Trinajstić information content (AvgIpc) is 3.24. The van der Waals surface area contributed by atoms with Gasteiger partial charge in [-0.2, -0.15) is 0 Å². The third-order valence-corrected chi connectivity index (χ3v) is 4.79. The molecule has 25 heavy (non-hydrogen) atoms. The Hall–Kier alpha value is -2.56. The third-order valence-electron chi connectivity index (χ3n) is 4.79. The molecule has 0 saturated heterocycles. The number of rotatable bonds is 6. The second-order valence-corrected chi connectivity index (χ2v) is 6.99. The number of anilines is 1. The van der Waals surface area contributed by atoms with Gasteiger partial charge in [0.05, 0.1) is 12.8 Å². The molecule has 2 N–H and O–H groups in total. The fraction of sp³-hybridized carbons (Fsp3) is 0.400. The SMILES string of the molecule is Cc1cccc(C(C)C)c1NC(=O)C1(C(=O)NCc2ccco2)CC1. The number of nitrogens with one attached hydrogen (secondary N) is 2. The number of furan rings is 1. The maximum absolute atomic E-state index is 12.8. The molecule has 0 bridgehead atoms. The van der Waals surface area contributed by atoms with Gasteiger partial charge >= 0.3 is 0 Å². The topological polar surface area (TPSA) is 71.3 Å². The van der Waals surface area contributed by atoms with Crippen molar-refractivity contribution < 1.29 is 14.0 Å². The van der Waals surface area contributed by atoms with Crippen LogP contribution in [0.2, 0.25) is 0 Å². The van der Waals surface area contributed by atoms with Crippen LogP contribution in [0.1, 0.15) is 49.5 Å². The van der Waals surface area contributed by atoms with E-state index in [9.17, 15) is 9.59 Å². The Morgan fingerprint density at radius 1 is 1.16 bits per heavy atom. The Balaban J connectivity index is 1.72. The van der Waals surface area contributed by atoms with Crippen LogP contribution < -0.4 is 10.6 Å². The van der Waals surface area contributed by atoms with Crippen LogP contribution in [-0.4, -0.2) is 11.8 Å². The smallest absolute Gasteiger partial charge is 0.240 e. The van der Waals surface area contributed by atoms with E-state index in [0.29, 0.717) is 25.1 Å². The van der Waals surface area contributed by atoms with Gasteiger partial charge in [0.25, 0.3) is 0 Å². The van der Waals surface area contributed by atoms with Crippen molar-refractivity contribution in [1.29, 1.82) is 0 Å². The Morgan fingerprint density at radius 3 is 2.52 bits per heavy atom. The lowest BCUT2D eigenvalue weighted by atomic mass is 9.97. The Morgan fingerprint density at radius 2 is 1.92 bits per heavy atom. The summed E-state index contributed by atoms with van der Waals surface area (Å²) in [6, 6.07) is 9.54. The number of benzene rings is 1. The molecule has 1 fully saturated rings. The molecule has 1 aliphatic rings. The van der Waals surface area contributed by atoms with Crippen molar-refractivity contribution in [3.8, 4) is 0 Å². The average molecular weight is 340 g/mol. The number of aryl methyl sites for hydroxylation is 1. The number of amides is 2. The number of hydrogen-bond donors (Lipinski definition) is 2. The van der Waals surface area contributed by atoms with Crippen molar-refractivity contribution in [3.05, 3.63) is 53.5 Å². The Bertz CT molecular complexity index is 774. The second-order valence-electron chi connectivity index (χ2n) is 6.99. The summed E-state index contributed by atoms with van der Waals surface area (Å²) in [4.78, 5) is 25.4. The number of carbonyl (C=O) groups is 2. The van der Waals surface area contributed by atoms with Gasteiger partial charge in [-0.05, 0) is 48.9 Å². The van der Waals surface area contributed by atoms with Crippen LogP contribution in [0.3, 0.4) is 0 Å². The molecule has 0 aliphatic heterocycles. The molecule has 1 aliphatic carbocycles. The first kappa shape index (κ1) is 17.3. The summed E-state index contributed by atoms with van der Waals surface area (Å²) in [7, 11) is 0. The molecule has 0 unspecified atom stereocenters. The summed E-state index contributed by atoms with van der Waals surface area (Å²) in [5, 5.41) is 5.83. The van der Waals surface area contributed by atoms with Crippen LogP contribution >= 0.6 is 0 Å². The quantitative estimate of drug-likeness (QED) is 0.787. The summed E-state index contributed by atoms with van der Waals surface area (Å²) in [6.07, 6.45) is 2.71.